The normalized spacial score (nSPS) is 24.8. The van der Waals surface area contributed by atoms with Crippen molar-refractivity contribution in [3.8, 4) is 0 Å². The molecule has 1 amide bonds. The summed E-state index contributed by atoms with van der Waals surface area (Å²) >= 11 is 12.8. The highest BCUT2D eigenvalue weighted by molar-refractivity contribution is 7.90. The van der Waals surface area contributed by atoms with Crippen LogP contribution in [0.3, 0.4) is 0 Å². The molecule has 212 valence electrons. The number of hydrogen-bond donors (Lipinski definition) is 0. The number of hydrogen-bond acceptors (Lipinski definition) is 3. The highest BCUT2D eigenvalue weighted by Gasteiger charge is 2.52. The van der Waals surface area contributed by atoms with Crippen LogP contribution in [0.25, 0.3) is 0 Å². The van der Waals surface area contributed by atoms with Gasteiger partial charge in [-0.3, -0.25) is 4.79 Å². The Kier molecular flexibility index (Phi) is 9.22. The summed E-state index contributed by atoms with van der Waals surface area (Å²) in [5.74, 6) is 0.221. The van der Waals surface area contributed by atoms with Crippen molar-refractivity contribution in [3.63, 3.8) is 0 Å². The second-order valence-electron chi connectivity index (χ2n) is 11.9. The highest BCUT2D eigenvalue weighted by atomic mass is 35.5. The molecule has 39 heavy (non-hydrogen) atoms. The van der Waals surface area contributed by atoms with Gasteiger partial charge in [0.15, 0.2) is 0 Å². The van der Waals surface area contributed by atoms with E-state index in [1.54, 1.807) is 7.05 Å². The maximum absolute atomic E-state index is 14.6. The number of likely N-dealkylation sites (tertiary alicyclic amines) is 1. The summed E-state index contributed by atoms with van der Waals surface area (Å²) in [7, 11) is -1.75. The predicted octanol–water partition coefficient (Wildman–Crippen LogP) is 7.47. The molecule has 4 atom stereocenters. The van der Waals surface area contributed by atoms with E-state index in [9.17, 15) is 13.2 Å². The van der Waals surface area contributed by atoms with Crippen molar-refractivity contribution in [2.45, 2.75) is 76.1 Å². The van der Waals surface area contributed by atoms with Crippen LogP contribution in [0.15, 0.2) is 61.2 Å². The number of allylic oxidation sites excluding steroid dienone is 1. The van der Waals surface area contributed by atoms with Crippen molar-refractivity contribution in [1.82, 2.24) is 9.21 Å². The lowest BCUT2D eigenvalue weighted by Crippen LogP contribution is -2.58. The minimum Gasteiger partial charge on any atom is -0.330 e. The first-order valence-corrected chi connectivity index (χ1v) is 16.0. The van der Waals surface area contributed by atoms with E-state index < -0.39 is 15.4 Å². The van der Waals surface area contributed by atoms with Crippen LogP contribution in [0, 0.1) is 11.3 Å². The Labute approximate surface area is 244 Å². The van der Waals surface area contributed by atoms with Gasteiger partial charge in [0.1, 0.15) is 0 Å². The molecule has 2 aromatic carbocycles. The molecule has 0 aromatic heterocycles. The molecule has 5 nitrogen and oxygen atoms in total. The lowest BCUT2D eigenvalue weighted by molar-refractivity contribution is -0.155. The molecule has 8 heteroatoms. The molecule has 2 aliphatic rings. The van der Waals surface area contributed by atoms with Crippen LogP contribution in [0.4, 0.5) is 0 Å². The quantitative estimate of drug-likeness (QED) is 0.255. The number of sulfonamides is 1. The van der Waals surface area contributed by atoms with Crippen LogP contribution in [0.2, 0.25) is 10.0 Å². The van der Waals surface area contributed by atoms with Crippen molar-refractivity contribution >= 4 is 39.1 Å². The number of carbonyl (C=O) groups excluding carboxylic acids is 1. The van der Waals surface area contributed by atoms with E-state index in [0.29, 0.717) is 42.1 Å². The van der Waals surface area contributed by atoms with Crippen LogP contribution >= 0.6 is 23.2 Å². The summed E-state index contributed by atoms with van der Waals surface area (Å²) in [5.41, 5.74) is 1.33. The summed E-state index contributed by atoms with van der Waals surface area (Å²) in [5, 5.41) is 0.957. The molecular weight excluding hydrogens is 551 g/mol. The van der Waals surface area contributed by atoms with Gasteiger partial charge in [0.2, 0.25) is 15.9 Å². The maximum Gasteiger partial charge on any atom is 0.229 e. The van der Waals surface area contributed by atoms with E-state index in [1.807, 2.05) is 60.4 Å². The molecule has 0 bridgehead atoms. The zero-order chi connectivity index (χ0) is 28.5. The number of carbonyl (C=O) groups is 1. The fraction of sp³-hybridized carbons (Fsp3) is 0.516. The highest BCUT2D eigenvalue weighted by Crippen LogP contribution is 2.52. The van der Waals surface area contributed by atoms with Gasteiger partial charge >= 0.3 is 0 Å². The molecule has 2 fully saturated rings. The molecule has 2 aromatic rings. The number of benzene rings is 2. The number of amides is 1. The average Bonchev–Trinajstić information content (AvgIpc) is 3.72. The van der Waals surface area contributed by atoms with Gasteiger partial charge in [-0.1, -0.05) is 74.3 Å². The standard InChI is InChI=1S/C31H40Cl2N2O3S/c1-6-16-31(4)19-28(23-8-7-9-25(33)18-23)29(22-10-12-24(32)13-11-22)35(30(31)36)26(17-21(2)3)20-34(5)39(37,38)27-14-15-27/h6-13,18,21,26-29H,1,14-17,19-20H2,2-5H3/t26-,28+,29+,31-/m0/s1. The van der Waals surface area contributed by atoms with E-state index in [4.69, 9.17) is 23.2 Å². The lowest BCUT2D eigenvalue weighted by atomic mass is 9.67. The van der Waals surface area contributed by atoms with E-state index >= 15 is 0 Å². The monoisotopic (exact) mass is 590 g/mol. The number of halogens is 2. The Balaban J connectivity index is 1.89. The molecule has 1 saturated carbocycles. The van der Waals surface area contributed by atoms with Gasteiger partial charge in [0.05, 0.1) is 16.7 Å². The molecule has 1 aliphatic heterocycles. The first-order chi connectivity index (χ1) is 18.4. The lowest BCUT2D eigenvalue weighted by Gasteiger charge is -2.52. The Hall–Kier alpha value is -1.86. The third-order valence-electron chi connectivity index (χ3n) is 8.17. The molecule has 1 saturated heterocycles. The van der Waals surface area contributed by atoms with Crippen LogP contribution in [0.1, 0.15) is 76.0 Å². The van der Waals surface area contributed by atoms with Gasteiger partial charge in [0.25, 0.3) is 0 Å². The molecule has 4 rings (SSSR count). The third kappa shape index (κ3) is 6.56. The fourth-order valence-electron chi connectivity index (χ4n) is 6.13. The van der Waals surface area contributed by atoms with Crippen LogP contribution < -0.4 is 0 Å². The Bertz CT molecular complexity index is 1290. The molecular formula is C31H40Cl2N2O3S. The van der Waals surface area contributed by atoms with Gasteiger partial charge in [-0.15, -0.1) is 6.58 Å². The number of rotatable bonds is 11. The van der Waals surface area contributed by atoms with E-state index in [0.717, 1.165) is 11.1 Å². The van der Waals surface area contributed by atoms with Crippen molar-refractivity contribution < 1.29 is 13.2 Å². The minimum absolute atomic E-state index is 0.0310. The van der Waals surface area contributed by atoms with Gasteiger partial charge in [0, 0.05) is 35.6 Å². The molecule has 0 N–H and O–H groups in total. The second-order valence-corrected chi connectivity index (χ2v) is 15.1. The summed E-state index contributed by atoms with van der Waals surface area (Å²) in [6, 6.07) is 14.9. The molecule has 0 spiro atoms. The maximum atomic E-state index is 14.6. The van der Waals surface area contributed by atoms with Crippen LogP contribution in [-0.4, -0.2) is 48.4 Å². The van der Waals surface area contributed by atoms with E-state index in [1.165, 1.54) is 4.31 Å². The van der Waals surface area contributed by atoms with E-state index in [2.05, 4.69) is 26.5 Å². The summed E-state index contributed by atoms with van der Waals surface area (Å²) in [6.45, 7) is 10.5. The topological polar surface area (TPSA) is 57.7 Å². The van der Waals surface area contributed by atoms with Gasteiger partial charge < -0.3 is 4.90 Å². The third-order valence-corrected chi connectivity index (χ3v) is 11.0. The van der Waals surface area contributed by atoms with Gasteiger partial charge in [-0.2, -0.15) is 0 Å². The smallest absolute Gasteiger partial charge is 0.229 e. The van der Waals surface area contributed by atoms with Crippen LogP contribution in [0.5, 0.6) is 0 Å². The largest absolute Gasteiger partial charge is 0.330 e. The average molecular weight is 592 g/mol. The number of nitrogens with zero attached hydrogens (tertiary/aromatic N) is 2. The Morgan fingerprint density at radius 2 is 1.77 bits per heavy atom. The first-order valence-electron chi connectivity index (χ1n) is 13.8. The molecule has 0 unspecified atom stereocenters. The van der Waals surface area contributed by atoms with Crippen molar-refractivity contribution in [3.05, 3.63) is 82.4 Å². The zero-order valence-corrected chi connectivity index (χ0v) is 25.6. The first kappa shape index (κ1) is 30.1. The number of piperidine rings is 1. The Morgan fingerprint density at radius 3 is 2.33 bits per heavy atom. The van der Waals surface area contributed by atoms with E-state index in [-0.39, 0.29) is 41.6 Å². The van der Waals surface area contributed by atoms with Crippen molar-refractivity contribution in [2.24, 2.45) is 11.3 Å². The van der Waals surface area contributed by atoms with Gasteiger partial charge in [-0.25, -0.2) is 12.7 Å². The molecule has 1 aliphatic carbocycles. The summed E-state index contributed by atoms with van der Waals surface area (Å²) < 4.78 is 27.9. The van der Waals surface area contributed by atoms with Crippen molar-refractivity contribution in [1.29, 1.82) is 0 Å². The predicted molar refractivity (Wildman–Crippen MR) is 161 cm³/mol. The summed E-state index contributed by atoms with van der Waals surface area (Å²) in [4.78, 5) is 16.6. The van der Waals surface area contributed by atoms with Crippen LogP contribution in [-0.2, 0) is 14.8 Å². The molecule has 0 radical (unpaired) electrons. The zero-order valence-electron chi connectivity index (χ0n) is 23.3. The summed E-state index contributed by atoms with van der Waals surface area (Å²) in [6.07, 6.45) is 5.03. The minimum atomic E-state index is -3.41. The number of likely N-dealkylation sites (N-methyl/N-ethyl adjacent to an activating group) is 1. The van der Waals surface area contributed by atoms with Crippen molar-refractivity contribution in [2.75, 3.05) is 13.6 Å². The second kappa shape index (κ2) is 11.9. The molecule has 1 heterocycles. The van der Waals surface area contributed by atoms with Gasteiger partial charge in [-0.05, 0) is 73.4 Å². The fourth-order valence-corrected chi connectivity index (χ4v) is 8.08. The SMILES string of the molecule is C=CC[C@@]1(C)C[C@H](c2cccc(Cl)c2)[C@@H](c2ccc(Cl)cc2)N([C@@H](CC(C)C)CN(C)S(=O)(=O)C2CC2)C1=O. The Morgan fingerprint density at radius 1 is 1.10 bits per heavy atom.